The van der Waals surface area contributed by atoms with Gasteiger partial charge in [-0.2, -0.15) is 0 Å². The Bertz CT molecular complexity index is 1030. The number of anilines is 1. The summed E-state index contributed by atoms with van der Waals surface area (Å²) in [6, 6.07) is 21.4. The molecule has 0 unspecified atom stereocenters. The summed E-state index contributed by atoms with van der Waals surface area (Å²) in [6.45, 7) is 2.01. The van der Waals surface area contributed by atoms with Crippen molar-refractivity contribution < 1.29 is 14.0 Å². The summed E-state index contributed by atoms with van der Waals surface area (Å²) >= 11 is 0. The van der Waals surface area contributed by atoms with Crippen molar-refractivity contribution in [2.75, 3.05) is 25.0 Å². The molecule has 0 bridgehead atoms. The molecule has 3 aromatic rings. The number of hydrogen-bond donors (Lipinski definition) is 1. The minimum Gasteiger partial charge on any atom is -0.467 e. The third-order valence-corrected chi connectivity index (χ3v) is 5.86. The van der Waals surface area contributed by atoms with Gasteiger partial charge in [0.15, 0.2) is 0 Å². The van der Waals surface area contributed by atoms with E-state index in [4.69, 9.17) is 4.42 Å². The summed E-state index contributed by atoms with van der Waals surface area (Å²) in [5.41, 5.74) is 2.65. The molecule has 1 aromatic heterocycles. The zero-order chi connectivity index (χ0) is 22.3. The van der Waals surface area contributed by atoms with E-state index in [1.54, 1.807) is 18.2 Å². The van der Waals surface area contributed by atoms with Crippen molar-refractivity contribution in [3.8, 4) is 0 Å². The highest BCUT2D eigenvalue weighted by Crippen LogP contribution is 2.26. The second-order valence-corrected chi connectivity index (χ2v) is 8.25. The van der Waals surface area contributed by atoms with E-state index < -0.39 is 0 Å². The van der Waals surface area contributed by atoms with Crippen LogP contribution in [0.3, 0.4) is 0 Å². The predicted molar refractivity (Wildman–Crippen MR) is 124 cm³/mol. The third kappa shape index (κ3) is 5.38. The van der Waals surface area contributed by atoms with Crippen molar-refractivity contribution in [1.29, 1.82) is 0 Å². The van der Waals surface area contributed by atoms with Gasteiger partial charge >= 0.3 is 0 Å². The monoisotopic (exact) mass is 431 g/mol. The summed E-state index contributed by atoms with van der Waals surface area (Å²) < 4.78 is 5.38. The molecule has 1 fully saturated rings. The van der Waals surface area contributed by atoms with Gasteiger partial charge in [0.25, 0.3) is 5.91 Å². The smallest absolute Gasteiger partial charge is 0.256 e. The molecule has 1 N–H and O–H groups in total. The first-order valence-electron chi connectivity index (χ1n) is 11.1. The Hall–Kier alpha value is -3.54. The number of para-hydroxylation sites is 1. The van der Waals surface area contributed by atoms with Crippen molar-refractivity contribution in [3.05, 3.63) is 89.9 Å². The molecule has 2 heterocycles. The molecule has 1 aliphatic rings. The Morgan fingerprint density at radius 1 is 1.00 bits per heavy atom. The van der Waals surface area contributed by atoms with Gasteiger partial charge in [-0.25, -0.2) is 0 Å². The summed E-state index contributed by atoms with van der Waals surface area (Å²) in [4.78, 5) is 29.4. The molecule has 166 valence electrons. The number of benzene rings is 2. The van der Waals surface area contributed by atoms with Crippen LogP contribution >= 0.6 is 0 Å². The number of carbonyl (C=O) groups is 2. The second-order valence-electron chi connectivity index (χ2n) is 8.25. The lowest BCUT2D eigenvalue weighted by Crippen LogP contribution is -2.45. The lowest BCUT2D eigenvalue weighted by atomic mass is 10.0. The van der Waals surface area contributed by atoms with Gasteiger partial charge in [0.05, 0.1) is 24.8 Å². The molecule has 4 rings (SSSR count). The van der Waals surface area contributed by atoms with Crippen LogP contribution in [0.2, 0.25) is 0 Å². The first-order chi connectivity index (χ1) is 15.6. The molecule has 0 spiro atoms. The van der Waals surface area contributed by atoms with Crippen molar-refractivity contribution in [1.82, 2.24) is 10.2 Å². The molecule has 1 aliphatic heterocycles. The van der Waals surface area contributed by atoms with Gasteiger partial charge < -0.3 is 19.5 Å². The number of carbonyl (C=O) groups excluding carboxylic acids is 2. The van der Waals surface area contributed by atoms with Crippen LogP contribution in [-0.4, -0.2) is 42.9 Å². The molecular formula is C26H29N3O3. The van der Waals surface area contributed by atoms with Crippen LogP contribution in [0.1, 0.15) is 34.5 Å². The first-order valence-corrected chi connectivity index (χ1v) is 11.1. The normalized spacial score (nSPS) is 14.2. The van der Waals surface area contributed by atoms with Crippen molar-refractivity contribution in [2.24, 2.45) is 0 Å². The number of amides is 2. The highest BCUT2D eigenvalue weighted by atomic mass is 16.3. The average Bonchev–Trinajstić information content (AvgIpc) is 3.33. The lowest BCUT2D eigenvalue weighted by molar-refractivity contribution is -0.121. The van der Waals surface area contributed by atoms with Crippen molar-refractivity contribution in [3.63, 3.8) is 0 Å². The van der Waals surface area contributed by atoms with Gasteiger partial charge in [0.2, 0.25) is 5.91 Å². The quantitative estimate of drug-likeness (QED) is 0.617. The van der Waals surface area contributed by atoms with Crippen LogP contribution in [0.5, 0.6) is 0 Å². The third-order valence-electron chi connectivity index (χ3n) is 5.86. The van der Waals surface area contributed by atoms with E-state index in [1.165, 1.54) is 0 Å². The Morgan fingerprint density at radius 3 is 2.44 bits per heavy atom. The van der Waals surface area contributed by atoms with Gasteiger partial charge in [-0.3, -0.25) is 9.59 Å². The molecule has 1 saturated heterocycles. The van der Waals surface area contributed by atoms with E-state index in [2.05, 4.69) is 10.2 Å². The van der Waals surface area contributed by atoms with E-state index in [9.17, 15) is 9.59 Å². The molecule has 0 atom stereocenters. The SMILES string of the molecule is CN(Cc1ccco1)C(=O)c1ccccc1N1CCC(NC(=O)Cc2ccccc2)CC1. The highest BCUT2D eigenvalue weighted by molar-refractivity contribution is 5.99. The van der Waals surface area contributed by atoms with Crippen LogP contribution < -0.4 is 10.2 Å². The number of hydrogen-bond acceptors (Lipinski definition) is 4. The fourth-order valence-corrected chi connectivity index (χ4v) is 4.17. The largest absolute Gasteiger partial charge is 0.467 e. The van der Waals surface area contributed by atoms with Gasteiger partial charge in [-0.05, 0) is 42.7 Å². The molecule has 32 heavy (non-hydrogen) atoms. The molecule has 6 heteroatoms. The number of nitrogens with one attached hydrogen (secondary N) is 1. The van der Waals surface area contributed by atoms with Crippen molar-refractivity contribution >= 4 is 17.5 Å². The zero-order valence-corrected chi connectivity index (χ0v) is 18.4. The van der Waals surface area contributed by atoms with E-state index in [-0.39, 0.29) is 17.9 Å². The zero-order valence-electron chi connectivity index (χ0n) is 18.4. The fraction of sp³-hybridized carbons (Fsp3) is 0.308. The Labute approximate surface area is 188 Å². The Morgan fingerprint density at radius 2 is 1.72 bits per heavy atom. The maximum Gasteiger partial charge on any atom is 0.256 e. The Kier molecular flexibility index (Phi) is 6.90. The average molecular weight is 432 g/mol. The minimum absolute atomic E-state index is 0.0321. The second kappa shape index (κ2) is 10.2. The van der Waals surface area contributed by atoms with Crippen LogP contribution in [0.15, 0.2) is 77.4 Å². The van der Waals surface area contributed by atoms with E-state index >= 15 is 0 Å². The van der Waals surface area contributed by atoms with E-state index in [1.807, 2.05) is 66.7 Å². The van der Waals surface area contributed by atoms with Crippen LogP contribution in [0.25, 0.3) is 0 Å². The van der Waals surface area contributed by atoms with Gasteiger partial charge in [0, 0.05) is 31.9 Å². The Balaban J connectivity index is 1.34. The molecule has 0 saturated carbocycles. The maximum atomic E-state index is 13.1. The minimum atomic E-state index is -0.0321. The number of nitrogens with zero attached hydrogens (tertiary/aromatic N) is 2. The number of piperidine rings is 1. The fourth-order valence-electron chi connectivity index (χ4n) is 4.17. The maximum absolute atomic E-state index is 13.1. The topological polar surface area (TPSA) is 65.8 Å². The van der Waals surface area contributed by atoms with Crippen LogP contribution in [-0.2, 0) is 17.8 Å². The van der Waals surface area contributed by atoms with Gasteiger partial charge in [0.1, 0.15) is 5.76 Å². The standard InChI is InChI=1S/C26H29N3O3/c1-28(19-22-10-7-17-32-22)26(31)23-11-5-6-12-24(23)29-15-13-21(14-16-29)27-25(30)18-20-8-3-2-4-9-20/h2-12,17,21H,13-16,18-19H2,1H3,(H,27,30). The summed E-state index contributed by atoms with van der Waals surface area (Å²) in [5.74, 6) is 0.783. The number of furan rings is 1. The molecule has 2 aromatic carbocycles. The van der Waals surface area contributed by atoms with Crippen LogP contribution in [0, 0.1) is 0 Å². The molecule has 2 amide bonds. The van der Waals surface area contributed by atoms with E-state index in [0.29, 0.717) is 18.5 Å². The molecule has 0 aliphatic carbocycles. The van der Waals surface area contributed by atoms with E-state index in [0.717, 1.165) is 42.9 Å². The lowest BCUT2D eigenvalue weighted by Gasteiger charge is -2.35. The van der Waals surface area contributed by atoms with Gasteiger partial charge in [-0.1, -0.05) is 42.5 Å². The van der Waals surface area contributed by atoms with Gasteiger partial charge in [-0.15, -0.1) is 0 Å². The van der Waals surface area contributed by atoms with Crippen LogP contribution in [0.4, 0.5) is 5.69 Å². The summed E-state index contributed by atoms with van der Waals surface area (Å²) in [6.07, 6.45) is 3.72. The molecular weight excluding hydrogens is 402 g/mol. The predicted octanol–water partition coefficient (Wildman–Crippen LogP) is 3.88. The molecule has 6 nitrogen and oxygen atoms in total. The molecule has 0 radical (unpaired) electrons. The summed E-state index contributed by atoms with van der Waals surface area (Å²) in [7, 11) is 1.79. The van der Waals surface area contributed by atoms with Crippen molar-refractivity contribution in [2.45, 2.75) is 31.8 Å². The highest BCUT2D eigenvalue weighted by Gasteiger charge is 2.25. The first kappa shape index (κ1) is 21.7. The number of rotatable bonds is 7. The summed E-state index contributed by atoms with van der Waals surface area (Å²) in [5, 5.41) is 3.17.